The number of hydrogen-bond donors (Lipinski definition) is 2. The van der Waals surface area contributed by atoms with Gasteiger partial charge in [0.25, 0.3) is 0 Å². The molecule has 1 amide bonds. The maximum atomic E-state index is 13.8. The fourth-order valence-electron chi connectivity index (χ4n) is 4.58. The third kappa shape index (κ3) is 7.91. The van der Waals surface area contributed by atoms with Crippen LogP contribution < -0.4 is 0 Å². The van der Waals surface area contributed by atoms with Crippen LogP contribution in [0, 0.1) is 0 Å². The highest BCUT2D eigenvalue weighted by Crippen LogP contribution is 2.23. The number of aromatic amines is 1. The van der Waals surface area contributed by atoms with Crippen LogP contribution in [0.1, 0.15) is 57.7 Å². The van der Waals surface area contributed by atoms with Crippen molar-refractivity contribution in [2.45, 2.75) is 65.0 Å². The topological polar surface area (TPSA) is 68.8 Å². The van der Waals surface area contributed by atoms with Crippen LogP contribution in [0.2, 0.25) is 0 Å². The summed E-state index contributed by atoms with van der Waals surface area (Å²) in [5, 5.41) is 11.2. The average molecular weight is 508 g/mol. The van der Waals surface area contributed by atoms with Crippen molar-refractivity contribution < 1.29 is 14.6 Å². The molecule has 37 heavy (non-hydrogen) atoms. The van der Waals surface area contributed by atoms with Crippen LogP contribution in [-0.4, -0.2) is 71.3 Å². The number of fused-ring (bicyclic) bond motifs is 1. The summed E-state index contributed by atoms with van der Waals surface area (Å²) in [4.78, 5) is 21.2. The molecule has 6 heteroatoms. The van der Waals surface area contributed by atoms with Gasteiger partial charge in [0.1, 0.15) is 0 Å². The molecule has 0 radical (unpaired) electrons. The van der Waals surface area contributed by atoms with Crippen molar-refractivity contribution in [2.75, 3.05) is 40.0 Å². The lowest BCUT2D eigenvalue weighted by Crippen LogP contribution is -2.52. The molecule has 0 aliphatic heterocycles. The van der Waals surface area contributed by atoms with Gasteiger partial charge >= 0.3 is 0 Å². The molecule has 0 saturated carbocycles. The molecule has 1 heterocycles. The molecule has 6 nitrogen and oxygen atoms in total. The predicted molar refractivity (Wildman–Crippen MR) is 152 cm³/mol. The fourth-order valence-corrected chi connectivity index (χ4v) is 4.58. The molecule has 0 fully saturated rings. The first-order valence-corrected chi connectivity index (χ1v) is 13.3. The first-order valence-electron chi connectivity index (χ1n) is 13.3. The van der Waals surface area contributed by atoms with Gasteiger partial charge in [0.2, 0.25) is 5.91 Å². The maximum absolute atomic E-state index is 13.8. The van der Waals surface area contributed by atoms with Crippen molar-refractivity contribution in [3.05, 3.63) is 71.4 Å². The van der Waals surface area contributed by atoms with Crippen molar-refractivity contribution in [1.82, 2.24) is 14.8 Å². The second-order valence-electron chi connectivity index (χ2n) is 11.6. The number of aliphatic hydroxyl groups excluding tert-OH is 1. The van der Waals surface area contributed by atoms with Gasteiger partial charge in [0.15, 0.2) is 0 Å². The Bertz CT molecular complexity index is 1130. The van der Waals surface area contributed by atoms with Gasteiger partial charge < -0.3 is 19.7 Å². The summed E-state index contributed by atoms with van der Waals surface area (Å²) in [5.41, 5.74) is 4.31. The number of rotatable bonds is 13. The van der Waals surface area contributed by atoms with Gasteiger partial charge in [0.05, 0.1) is 13.2 Å². The van der Waals surface area contributed by atoms with Gasteiger partial charge in [-0.1, -0.05) is 63.2 Å². The highest BCUT2D eigenvalue weighted by atomic mass is 16.5. The Morgan fingerprint density at radius 2 is 1.70 bits per heavy atom. The third-order valence-corrected chi connectivity index (χ3v) is 7.22. The van der Waals surface area contributed by atoms with Crippen LogP contribution in [0.3, 0.4) is 0 Å². The van der Waals surface area contributed by atoms with Crippen LogP contribution in [0.5, 0.6) is 0 Å². The Kier molecular flexibility index (Phi) is 9.93. The van der Waals surface area contributed by atoms with Crippen molar-refractivity contribution in [3.63, 3.8) is 0 Å². The summed E-state index contributed by atoms with van der Waals surface area (Å²) in [5.74, 6) is 0.0682. The van der Waals surface area contributed by atoms with Crippen LogP contribution in [0.25, 0.3) is 10.9 Å². The molecule has 0 saturated heterocycles. The number of carbonyl (C=O) groups excluding carboxylic acids is 1. The summed E-state index contributed by atoms with van der Waals surface area (Å²) in [7, 11) is 1.68. The molecule has 3 aromatic rings. The van der Waals surface area contributed by atoms with E-state index in [1.807, 2.05) is 30.9 Å². The molecule has 3 rings (SSSR count). The Morgan fingerprint density at radius 1 is 1.00 bits per heavy atom. The predicted octanol–water partition coefficient (Wildman–Crippen LogP) is 5.15. The lowest BCUT2D eigenvalue weighted by molar-refractivity contribution is -0.135. The highest BCUT2D eigenvalue weighted by molar-refractivity contribution is 5.83. The first-order chi connectivity index (χ1) is 17.5. The summed E-state index contributed by atoms with van der Waals surface area (Å²) in [6.07, 6.45) is 3.62. The number of benzene rings is 2. The SMILES string of the molecule is COCCCN(CC(=O)N(CCc1c[nH]c2ccccc12)Cc1ccc(C(C)(C)C)cc1)C(C)(C)CO. The number of ether oxygens (including phenoxy) is 1. The van der Waals surface area contributed by atoms with Gasteiger partial charge in [-0.3, -0.25) is 9.69 Å². The highest BCUT2D eigenvalue weighted by Gasteiger charge is 2.29. The van der Waals surface area contributed by atoms with E-state index < -0.39 is 5.54 Å². The van der Waals surface area contributed by atoms with Crippen LogP contribution in [-0.2, 0) is 27.9 Å². The zero-order valence-electron chi connectivity index (χ0n) is 23.5. The van der Waals surface area contributed by atoms with Crippen molar-refractivity contribution in [3.8, 4) is 0 Å². The minimum atomic E-state index is -0.500. The number of aliphatic hydroxyl groups is 1. The van der Waals surface area contributed by atoms with Gasteiger partial charge in [-0.15, -0.1) is 0 Å². The van der Waals surface area contributed by atoms with E-state index in [1.165, 1.54) is 16.5 Å². The van der Waals surface area contributed by atoms with E-state index in [4.69, 9.17) is 4.74 Å². The molecule has 0 unspecified atom stereocenters. The molecule has 0 aliphatic rings. The number of amides is 1. The smallest absolute Gasteiger partial charge is 0.237 e. The van der Waals surface area contributed by atoms with Crippen molar-refractivity contribution in [1.29, 1.82) is 0 Å². The molecule has 2 aromatic carbocycles. The molecule has 0 aliphatic carbocycles. The van der Waals surface area contributed by atoms with Gasteiger partial charge in [-0.25, -0.2) is 0 Å². The van der Waals surface area contributed by atoms with E-state index in [0.717, 1.165) is 23.9 Å². The second-order valence-corrected chi connectivity index (χ2v) is 11.6. The summed E-state index contributed by atoms with van der Waals surface area (Å²) < 4.78 is 5.23. The molecule has 2 N–H and O–H groups in total. The number of aromatic nitrogens is 1. The van der Waals surface area contributed by atoms with Crippen LogP contribution in [0.15, 0.2) is 54.7 Å². The summed E-state index contributed by atoms with van der Waals surface area (Å²) in [6, 6.07) is 16.9. The molecular weight excluding hydrogens is 462 g/mol. The van der Waals surface area contributed by atoms with E-state index in [1.54, 1.807) is 7.11 Å². The van der Waals surface area contributed by atoms with Crippen LogP contribution >= 0.6 is 0 Å². The number of nitrogens with one attached hydrogen (secondary N) is 1. The Balaban J connectivity index is 1.81. The normalized spacial score (nSPS) is 12.4. The third-order valence-electron chi connectivity index (χ3n) is 7.22. The van der Waals surface area contributed by atoms with Crippen LogP contribution in [0.4, 0.5) is 0 Å². The molecule has 0 bridgehead atoms. The molecule has 202 valence electrons. The number of carbonyl (C=O) groups is 1. The largest absolute Gasteiger partial charge is 0.394 e. The van der Waals surface area contributed by atoms with Crippen molar-refractivity contribution in [2.24, 2.45) is 0 Å². The molecule has 1 aromatic heterocycles. The van der Waals surface area contributed by atoms with E-state index in [-0.39, 0.29) is 24.5 Å². The second kappa shape index (κ2) is 12.7. The Hall–Kier alpha value is -2.67. The number of nitrogens with zero attached hydrogens (tertiary/aromatic N) is 2. The van der Waals surface area contributed by atoms with Gasteiger partial charge in [-0.2, -0.15) is 0 Å². The maximum Gasteiger partial charge on any atom is 0.237 e. The standard InChI is InChI=1S/C31H45N3O3/c1-30(2,3)26-14-12-24(13-15-26)21-33(18-16-25-20-32-28-11-8-7-10-27(25)28)29(36)22-34(17-9-19-37-6)31(4,5)23-35/h7-8,10-15,20,32,35H,9,16-19,21-23H2,1-6H3. The molecule has 0 spiro atoms. The lowest BCUT2D eigenvalue weighted by atomic mass is 9.87. The number of H-pyrrole nitrogens is 1. The summed E-state index contributed by atoms with van der Waals surface area (Å²) in [6.45, 7) is 13.3. The zero-order valence-corrected chi connectivity index (χ0v) is 23.5. The molecular formula is C31H45N3O3. The van der Waals surface area contributed by atoms with Gasteiger partial charge in [-0.05, 0) is 54.9 Å². The quantitative estimate of drug-likeness (QED) is 0.314. The minimum absolute atomic E-state index is 0.0170. The number of hydrogen-bond acceptors (Lipinski definition) is 4. The van der Waals surface area contributed by atoms with Crippen molar-refractivity contribution >= 4 is 16.8 Å². The number of methoxy groups -OCH3 is 1. The molecule has 0 atom stereocenters. The monoisotopic (exact) mass is 507 g/mol. The van der Waals surface area contributed by atoms with E-state index >= 15 is 0 Å². The fraction of sp³-hybridized carbons (Fsp3) is 0.516. The van der Waals surface area contributed by atoms with Gasteiger partial charge in [0, 0.05) is 56.0 Å². The minimum Gasteiger partial charge on any atom is -0.394 e. The van der Waals surface area contributed by atoms with E-state index in [2.05, 4.69) is 73.3 Å². The lowest BCUT2D eigenvalue weighted by Gasteiger charge is -2.38. The zero-order chi connectivity index (χ0) is 27.1. The van der Waals surface area contributed by atoms with E-state index in [0.29, 0.717) is 26.2 Å². The number of para-hydroxylation sites is 1. The first kappa shape index (κ1) is 28.9. The Labute approximate surface area is 222 Å². The van der Waals surface area contributed by atoms with E-state index in [9.17, 15) is 9.90 Å². The Morgan fingerprint density at radius 3 is 2.35 bits per heavy atom. The summed E-state index contributed by atoms with van der Waals surface area (Å²) >= 11 is 0. The average Bonchev–Trinajstić information content (AvgIpc) is 3.28.